The predicted molar refractivity (Wildman–Crippen MR) is 56.5 cm³/mol. The first-order valence-corrected chi connectivity index (χ1v) is 5.01. The van der Waals surface area contributed by atoms with Crippen molar-refractivity contribution < 1.29 is 4.92 Å². The third-order valence-corrected chi connectivity index (χ3v) is 2.04. The number of rotatable bonds is 4. The first-order chi connectivity index (χ1) is 6.72. The molecule has 0 bridgehead atoms. The fourth-order valence-electron chi connectivity index (χ4n) is 0.809. The lowest BCUT2D eigenvalue weighted by Gasteiger charge is -2.04. The van der Waals surface area contributed by atoms with Crippen molar-refractivity contribution in [2.45, 2.75) is 0 Å². The van der Waals surface area contributed by atoms with Gasteiger partial charge in [0.05, 0.1) is 4.92 Å². The summed E-state index contributed by atoms with van der Waals surface area (Å²) in [6.45, 7) is 0. The number of thioether (sulfide) groups is 1. The Hall–Kier alpha value is -1.56. The van der Waals surface area contributed by atoms with Crippen LogP contribution in [0, 0.1) is 10.1 Å². The summed E-state index contributed by atoms with van der Waals surface area (Å²) in [6.07, 6.45) is 5.94. The van der Waals surface area contributed by atoms with Gasteiger partial charge in [0.2, 0.25) is 0 Å². The molecule has 6 heteroatoms. The number of hydrogen-bond donors (Lipinski definition) is 1. The van der Waals surface area contributed by atoms with Crippen LogP contribution >= 0.6 is 11.8 Å². The number of aromatic nitrogens is 1. The second-order valence-electron chi connectivity index (χ2n) is 2.34. The van der Waals surface area contributed by atoms with Gasteiger partial charge in [-0.2, -0.15) is 0 Å². The van der Waals surface area contributed by atoms with Crippen LogP contribution in [0.1, 0.15) is 0 Å². The maximum absolute atomic E-state index is 10.2. The zero-order valence-corrected chi connectivity index (χ0v) is 8.32. The fraction of sp³-hybridized carbons (Fsp3) is 0.125. The molecule has 0 fully saturated rings. The molecule has 0 amide bonds. The molecule has 1 N–H and O–H groups in total. The highest BCUT2D eigenvalue weighted by Crippen LogP contribution is 2.15. The number of pyridine rings is 1. The Labute approximate surface area is 85.4 Å². The average molecular weight is 211 g/mol. The van der Waals surface area contributed by atoms with E-state index in [1.165, 1.54) is 11.8 Å². The molecular weight excluding hydrogens is 202 g/mol. The van der Waals surface area contributed by atoms with Gasteiger partial charge in [-0.15, -0.1) is 11.8 Å². The van der Waals surface area contributed by atoms with Gasteiger partial charge in [0.25, 0.3) is 6.20 Å². The number of anilines is 1. The van der Waals surface area contributed by atoms with Crippen LogP contribution in [-0.2, 0) is 0 Å². The molecule has 0 radical (unpaired) electrons. The Morgan fingerprint density at radius 1 is 1.64 bits per heavy atom. The summed E-state index contributed by atoms with van der Waals surface area (Å²) in [4.78, 5) is 13.6. The molecule has 1 heterocycles. The van der Waals surface area contributed by atoms with E-state index in [9.17, 15) is 10.1 Å². The van der Waals surface area contributed by atoms with Crippen molar-refractivity contribution in [1.82, 2.24) is 4.98 Å². The van der Waals surface area contributed by atoms with Crippen molar-refractivity contribution in [3.05, 3.63) is 45.9 Å². The molecule has 0 aliphatic heterocycles. The molecule has 1 aromatic heterocycles. The minimum atomic E-state index is -0.486. The average Bonchev–Trinajstić information content (AvgIpc) is 2.17. The third kappa shape index (κ3) is 3.44. The molecule has 14 heavy (non-hydrogen) atoms. The quantitative estimate of drug-likeness (QED) is 0.608. The molecule has 0 aliphatic rings. The number of hydrogen-bond acceptors (Lipinski definition) is 5. The largest absolute Gasteiger partial charge is 0.345 e. The van der Waals surface area contributed by atoms with E-state index in [-0.39, 0.29) is 0 Å². The van der Waals surface area contributed by atoms with Gasteiger partial charge in [-0.3, -0.25) is 15.1 Å². The van der Waals surface area contributed by atoms with E-state index in [0.717, 1.165) is 11.9 Å². The van der Waals surface area contributed by atoms with Crippen LogP contribution in [0.3, 0.4) is 0 Å². The highest BCUT2D eigenvalue weighted by Gasteiger charge is 2.00. The molecular formula is C8H9N3O2S. The molecule has 0 aromatic carbocycles. The van der Waals surface area contributed by atoms with Crippen molar-refractivity contribution in [3.63, 3.8) is 0 Å². The van der Waals surface area contributed by atoms with E-state index in [4.69, 9.17) is 0 Å². The lowest BCUT2D eigenvalue weighted by molar-refractivity contribution is -0.402. The normalized spacial score (nSPS) is 11.1. The van der Waals surface area contributed by atoms with E-state index in [2.05, 4.69) is 10.3 Å². The van der Waals surface area contributed by atoms with Gasteiger partial charge in [-0.1, -0.05) is 0 Å². The minimum Gasteiger partial charge on any atom is -0.345 e. The van der Waals surface area contributed by atoms with Gasteiger partial charge in [0, 0.05) is 18.1 Å². The Balaban J connectivity index is 2.71. The number of nitro groups is 1. The van der Waals surface area contributed by atoms with Crippen molar-refractivity contribution in [2.75, 3.05) is 11.6 Å². The molecule has 74 valence electrons. The summed E-state index contributed by atoms with van der Waals surface area (Å²) in [5, 5.41) is 13.6. The summed E-state index contributed by atoms with van der Waals surface area (Å²) >= 11 is 1.28. The zero-order chi connectivity index (χ0) is 10.4. The Bertz CT molecular complexity index is 340. The van der Waals surface area contributed by atoms with Crippen molar-refractivity contribution in [1.29, 1.82) is 0 Å². The number of nitrogens with zero attached hydrogens (tertiary/aromatic N) is 2. The zero-order valence-electron chi connectivity index (χ0n) is 7.51. The van der Waals surface area contributed by atoms with E-state index in [1.807, 2.05) is 0 Å². The van der Waals surface area contributed by atoms with Crippen LogP contribution in [0.2, 0.25) is 0 Å². The van der Waals surface area contributed by atoms with E-state index in [1.54, 1.807) is 30.8 Å². The van der Waals surface area contributed by atoms with Crippen LogP contribution in [-0.4, -0.2) is 16.2 Å². The lowest BCUT2D eigenvalue weighted by atomic mass is 10.4. The van der Waals surface area contributed by atoms with E-state index in [0.29, 0.717) is 5.03 Å². The summed E-state index contributed by atoms with van der Waals surface area (Å²) in [5.74, 6) is 0. The predicted octanol–water partition coefficient (Wildman–Crippen LogP) is 1.93. The minimum absolute atomic E-state index is 0.486. The van der Waals surface area contributed by atoms with Gasteiger partial charge in [0.1, 0.15) is 5.03 Å². The summed E-state index contributed by atoms with van der Waals surface area (Å²) < 4.78 is 0. The van der Waals surface area contributed by atoms with Gasteiger partial charge in [0.15, 0.2) is 0 Å². The summed E-state index contributed by atoms with van der Waals surface area (Å²) in [6, 6.07) is 3.48. The molecule has 0 unspecified atom stereocenters. The third-order valence-electron chi connectivity index (χ3n) is 1.39. The van der Waals surface area contributed by atoms with Crippen LogP contribution in [0.25, 0.3) is 0 Å². The topological polar surface area (TPSA) is 68.1 Å². The molecule has 0 aliphatic carbocycles. The van der Waals surface area contributed by atoms with Crippen LogP contribution in [0.5, 0.6) is 0 Å². The maximum atomic E-state index is 10.2. The molecule has 5 nitrogen and oxygen atoms in total. The standard InChI is InChI=1S/C8H9N3O2S/c1-14-8(6-11(12)13)10-7-2-4-9-5-3-7/h2-6H,1H3,(H,9,10)/b8-6+. The maximum Gasteiger partial charge on any atom is 0.264 e. The molecule has 0 atom stereocenters. The molecule has 0 spiro atoms. The second kappa shape index (κ2) is 5.23. The number of nitrogens with one attached hydrogen (secondary N) is 1. The monoisotopic (exact) mass is 211 g/mol. The highest BCUT2D eigenvalue weighted by molar-refractivity contribution is 8.02. The van der Waals surface area contributed by atoms with Crippen LogP contribution in [0.4, 0.5) is 5.69 Å². The van der Waals surface area contributed by atoms with Crippen molar-refractivity contribution in [3.8, 4) is 0 Å². The van der Waals surface area contributed by atoms with Gasteiger partial charge in [-0.05, 0) is 18.4 Å². The summed E-state index contributed by atoms with van der Waals surface area (Å²) in [7, 11) is 0. The van der Waals surface area contributed by atoms with Gasteiger partial charge in [-0.25, -0.2) is 0 Å². The molecule has 0 saturated heterocycles. The van der Waals surface area contributed by atoms with Gasteiger partial charge < -0.3 is 5.32 Å². The Morgan fingerprint density at radius 2 is 2.29 bits per heavy atom. The Kier molecular flexibility index (Phi) is 3.93. The first kappa shape index (κ1) is 10.5. The van der Waals surface area contributed by atoms with Crippen molar-refractivity contribution >= 4 is 17.4 Å². The summed E-state index contributed by atoms with van der Waals surface area (Å²) in [5.41, 5.74) is 0.780. The first-order valence-electron chi connectivity index (χ1n) is 3.78. The Morgan fingerprint density at radius 3 is 2.79 bits per heavy atom. The highest BCUT2D eigenvalue weighted by atomic mass is 32.2. The second-order valence-corrected chi connectivity index (χ2v) is 3.19. The molecule has 1 rings (SSSR count). The van der Waals surface area contributed by atoms with E-state index < -0.39 is 4.92 Å². The van der Waals surface area contributed by atoms with Crippen LogP contribution in [0.15, 0.2) is 35.8 Å². The SMILES string of the molecule is CS/C(=C/[N+](=O)[O-])Nc1ccncc1. The molecule has 0 saturated carbocycles. The smallest absolute Gasteiger partial charge is 0.264 e. The van der Waals surface area contributed by atoms with Gasteiger partial charge >= 0.3 is 0 Å². The van der Waals surface area contributed by atoms with Crippen molar-refractivity contribution in [2.24, 2.45) is 0 Å². The fourth-order valence-corrected chi connectivity index (χ4v) is 1.22. The van der Waals surface area contributed by atoms with Crippen LogP contribution < -0.4 is 5.32 Å². The molecule has 1 aromatic rings. The lowest BCUT2D eigenvalue weighted by Crippen LogP contribution is -1.98. The van der Waals surface area contributed by atoms with E-state index >= 15 is 0 Å².